The van der Waals surface area contributed by atoms with E-state index in [4.69, 9.17) is 24.4 Å². The lowest BCUT2D eigenvalue weighted by molar-refractivity contribution is -0.126. The van der Waals surface area contributed by atoms with Crippen LogP contribution in [0.5, 0.6) is 0 Å². The molecule has 2 aromatic carbocycles. The number of amides is 2. The van der Waals surface area contributed by atoms with E-state index in [1.807, 2.05) is 12.1 Å². The molecule has 2 aliphatic heterocycles. The highest BCUT2D eigenvalue weighted by molar-refractivity contribution is 7.80. The van der Waals surface area contributed by atoms with Crippen molar-refractivity contribution in [3.8, 4) is 24.3 Å². The van der Waals surface area contributed by atoms with Crippen LogP contribution >= 0.6 is 24.4 Å². The zero-order valence-corrected chi connectivity index (χ0v) is 21.3. The zero-order valence-electron chi connectivity index (χ0n) is 19.7. The maximum absolute atomic E-state index is 13.3. The number of thiocarbonyl (C=S) groups is 2. The number of rotatable bonds is 5. The van der Waals surface area contributed by atoms with Crippen molar-refractivity contribution >= 4 is 57.4 Å². The third-order valence-electron chi connectivity index (χ3n) is 6.26. The first-order chi connectivity index (χ1) is 18.4. The van der Waals surface area contributed by atoms with Crippen LogP contribution in [0.25, 0.3) is 11.1 Å². The van der Waals surface area contributed by atoms with Crippen LogP contribution in [0.3, 0.4) is 0 Å². The van der Waals surface area contributed by atoms with Crippen LogP contribution in [-0.4, -0.2) is 44.7 Å². The molecule has 4 rings (SSSR count). The van der Waals surface area contributed by atoms with E-state index in [9.17, 15) is 30.6 Å². The number of hydrogen-bond acceptors (Lipinski definition) is 8. The fraction of sp³-hybridized carbons (Fsp3) is 0.143. The van der Waals surface area contributed by atoms with Crippen LogP contribution in [0.15, 0.2) is 71.8 Å². The number of carbonyl (C=O) groups excluding carboxylic acids is 2. The number of benzene rings is 2. The van der Waals surface area contributed by atoms with E-state index in [2.05, 4.69) is 12.1 Å². The van der Waals surface area contributed by atoms with Gasteiger partial charge in [0.15, 0.2) is 0 Å². The van der Waals surface area contributed by atoms with Gasteiger partial charge < -0.3 is 0 Å². The Bertz CT molecular complexity index is 1480. The van der Waals surface area contributed by atoms with Crippen LogP contribution in [-0.2, 0) is 9.59 Å². The lowest BCUT2D eigenvalue weighted by Crippen LogP contribution is -2.51. The highest BCUT2D eigenvalue weighted by Gasteiger charge is 2.42. The lowest BCUT2D eigenvalue weighted by Gasteiger charge is -2.36. The molecular formula is C28H16N6O2S2. The van der Waals surface area contributed by atoms with Crippen LogP contribution in [0.4, 0.5) is 0 Å². The second kappa shape index (κ2) is 10.9. The van der Waals surface area contributed by atoms with Gasteiger partial charge >= 0.3 is 0 Å². The van der Waals surface area contributed by atoms with Gasteiger partial charge in [0.2, 0.25) is 0 Å². The van der Waals surface area contributed by atoms with Crippen molar-refractivity contribution in [3.05, 3.63) is 82.9 Å². The van der Waals surface area contributed by atoms with Crippen molar-refractivity contribution in [1.29, 1.82) is 21.0 Å². The highest BCUT2D eigenvalue weighted by atomic mass is 32.1. The van der Waals surface area contributed by atoms with Gasteiger partial charge in [0, 0.05) is 24.2 Å². The van der Waals surface area contributed by atoms with Gasteiger partial charge in [-0.25, -0.2) is 0 Å². The number of nitrogens with zero attached hydrogens (tertiary/aromatic N) is 6. The Hall–Kier alpha value is -5.00. The summed E-state index contributed by atoms with van der Waals surface area (Å²) in [5.74, 6) is -3.49. The van der Waals surface area contributed by atoms with Crippen molar-refractivity contribution < 1.29 is 9.59 Å². The largest absolute Gasteiger partial charge is 0.299 e. The van der Waals surface area contributed by atoms with E-state index in [0.29, 0.717) is 11.1 Å². The second-order valence-corrected chi connectivity index (χ2v) is 9.08. The number of carbonyl (C=O) groups is 2. The Morgan fingerprint density at radius 1 is 0.632 bits per heavy atom. The van der Waals surface area contributed by atoms with E-state index in [1.54, 1.807) is 60.7 Å². The maximum Gasteiger partial charge on any atom is 0.269 e. The Kier molecular flexibility index (Phi) is 7.51. The monoisotopic (exact) mass is 532 g/mol. The molecule has 0 fully saturated rings. The average molecular weight is 533 g/mol. The third kappa shape index (κ3) is 4.36. The predicted octanol–water partition coefficient (Wildman–Crippen LogP) is 3.56. The van der Waals surface area contributed by atoms with Gasteiger partial charge in [0.25, 0.3) is 11.8 Å². The topological polar surface area (TPSA) is 136 Å². The SMILES string of the molecule is N#CC1=C(c2ccccc2)C(C#N)C(=S)N(CCN2C(=O)C(C#N)=C(c3ccccc3)C(C#N)C2=S)C1=O. The molecule has 0 bridgehead atoms. The van der Waals surface area contributed by atoms with E-state index >= 15 is 0 Å². The van der Waals surface area contributed by atoms with Crippen molar-refractivity contribution in [3.63, 3.8) is 0 Å². The summed E-state index contributed by atoms with van der Waals surface area (Å²) in [5.41, 5.74) is 1.10. The second-order valence-electron chi connectivity index (χ2n) is 8.25. The minimum absolute atomic E-state index is 0.0106. The summed E-state index contributed by atoms with van der Waals surface area (Å²) in [5, 5.41) is 39.4. The minimum Gasteiger partial charge on any atom is -0.299 e. The minimum atomic E-state index is -1.05. The molecule has 0 aliphatic carbocycles. The fourth-order valence-electron chi connectivity index (χ4n) is 4.48. The van der Waals surface area contributed by atoms with E-state index < -0.39 is 23.7 Å². The number of nitriles is 4. The van der Waals surface area contributed by atoms with E-state index in [1.165, 1.54) is 0 Å². The summed E-state index contributed by atoms with van der Waals surface area (Å²) in [6.07, 6.45) is 0. The molecular weight excluding hydrogens is 516 g/mol. The molecule has 2 heterocycles. The summed E-state index contributed by atoms with van der Waals surface area (Å²) >= 11 is 11.0. The fourth-order valence-corrected chi connectivity index (χ4v) is 5.17. The molecule has 0 saturated heterocycles. The van der Waals surface area contributed by atoms with Crippen LogP contribution < -0.4 is 0 Å². The first kappa shape index (κ1) is 26.1. The molecule has 2 atom stereocenters. The molecule has 38 heavy (non-hydrogen) atoms. The van der Waals surface area contributed by atoms with Crippen molar-refractivity contribution in [2.45, 2.75) is 0 Å². The molecule has 0 radical (unpaired) electrons. The Labute approximate surface area is 229 Å². The summed E-state index contributed by atoms with van der Waals surface area (Å²) in [6.45, 7) is -0.376. The Balaban J connectivity index is 1.68. The molecule has 0 saturated carbocycles. The average Bonchev–Trinajstić information content (AvgIpc) is 2.94. The third-order valence-corrected chi connectivity index (χ3v) is 7.17. The molecule has 0 aromatic heterocycles. The quantitative estimate of drug-likeness (QED) is 0.533. The summed E-state index contributed by atoms with van der Waals surface area (Å²) < 4.78 is 0. The maximum atomic E-state index is 13.3. The van der Waals surface area contributed by atoms with Gasteiger partial charge in [0.05, 0.1) is 12.1 Å². The van der Waals surface area contributed by atoms with Gasteiger partial charge in [-0.2, -0.15) is 21.0 Å². The Morgan fingerprint density at radius 3 is 1.26 bits per heavy atom. The van der Waals surface area contributed by atoms with Gasteiger partial charge in [-0.05, 0) is 11.1 Å². The molecule has 2 aromatic rings. The zero-order chi connectivity index (χ0) is 27.4. The van der Waals surface area contributed by atoms with Crippen molar-refractivity contribution in [2.24, 2.45) is 11.8 Å². The predicted molar refractivity (Wildman–Crippen MR) is 145 cm³/mol. The van der Waals surface area contributed by atoms with Gasteiger partial charge in [-0.1, -0.05) is 85.1 Å². The standard InChI is InChI=1S/C28H16N6O2S2/c29-13-19-23(17-7-3-1-4-8-17)21(15-31)27(37)33(25(19)35)11-12-34-26(36)20(14-30)24(22(16-32)28(34)38)18-9-5-2-6-10-18/h1-10,21-22H,11-12H2. The summed E-state index contributed by atoms with van der Waals surface area (Å²) in [6, 6.07) is 25.2. The van der Waals surface area contributed by atoms with Crippen LogP contribution in [0, 0.1) is 57.2 Å². The van der Waals surface area contributed by atoms with E-state index in [-0.39, 0.29) is 45.4 Å². The van der Waals surface area contributed by atoms with Gasteiger partial charge in [0.1, 0.15) is 45.1 Å². The van der Waals surface area contributed by atoms with Crippen molar-refractivity contribution in [1.82, 2.24) is 9.80 Å². The number of hydrogen-bond donors (Lipinski definition) is 0. The highest BCUT2D eigenvalue weighted by Crippen LogP contribution is 2.36. The molecule has 2 unspecified atom stereocenters. The van der Waals surface area contributed by atoms with Crippen LogP contribution in [0.1, 0.15) is 11.1 Å². The van der Waals surface area contributed by atoms with Crippen LogP contribution in [0.2, 0.25) is 0 Å². The Morgan fingerprint density at radius 2 is 0.974 bits per heavy atom. The van der Waals surface area contributed by atoms with Gasteiger partial charge in [-0.15, -0.1) is 0 Å². The smallest absolute Gasteiger partial charge is 0.269 e. The molecule has 10 heteroatoms. The van der Waals surface area contributed by atoms with Crippen molar-refractivity contribution in [2.75, 3.05) is 13.1 Å². The first-order valence-electron chi connectivity index (χ1n) is 11.3. The summed E-state index contributed by atoms with van der Waals surface area (Å²) in [4.78, 5) is 28.8. The summed E-state index contributed by atoms with van der Waals surface area (Å²) in [7, 11) is 0. The first-order valence-corrected chi connectivity index (χ1v) is 12.1. The van der Waals surface area contributed by atoms with Gasteiger partial charge in [-0.3, -0.25) is 19.4 Å². The van der Waals surface area contributed by atoms with E-state index in [0.717, 1.165) is 9.80 Å². The molecule has 2 aliphatic rings. The molecule has 0 spiro atoms. The lowest BCUT2D eigenvalue weighted by atomic mass is 9.85. The normalized spacial score (nSPS) is 19.6. The molecule has 182 valence electrons. The molecule has 8 nitrogen and oxygen atoms in total. The molecule has 2 amide bonds. The molecule has 0 N–H and O–H groups in total.